The van der Waals surface area contributed by atoms with Crippen molar-refractivity contribution in [1.29, 1.82) is 0 Å². The van der Waals surface area contributed by atoms with E-state index in [4.69, 9.17) is 0 Å². The number of hydrogen-bond acceptors (Lipinski definition) is 10. The van der Waals surface area contributed by atoms with Gasteiger partial charge in [-0.2, -0.15) is 0 Å². The Kier molecular flexibility index (Phi) is 9.54. The fourth-order valence-corrected chi connectivity index (χ4v) is 5.32. The molecule has 1 saturated heterocycles. The fraction of sp³-hybridized carbons (Fsp3) is 0.500. The van der Waals surface area contributed by atoms with Crippen LogP contribution >= 0.6 is 0 Å². The predicted octanol–water partition coefficient (Wildman–Crippen LogP) is -0.293. The van der Waals surface area contributed by atoms with Crippen molar-refractivity contribution in [3.05, 3.63) is 47.8 Å². The predicted molar refractivity (Wildman–Crippen MR) is 139 cm³/mol. The van der Waals surface area contributed by atoms with Gasteiger partial charge in [-0.3, -0.25) is 44.0 Å². The zero-order valence-corrected chi connectivity index (χ0v) is 21.6. The number of aromatic nitrogens is 2. The second-order valence-electron chi connectivity index (χ2n) is 9.82. The number of carbonyl (C=O) groups is 3. The highest BCUT2D eigenvalue weighted by molar-refractivity contribution is 5.70. The molecule has 0 bridgehead atoms. The lowest BCUT2D eigenvalue weighted by Crippen LogP contribution is -2.49. The van der Waals surface area contributed by atoms with Crippen LogP contribution in [-0.4, -0.2) is 140 Å². The molecule has 210 valence electrons. The second-order valence-corrected chi connectivity index (χ2v) is 9.82. The van der Waals surface area contributed by atoms with Crippen LogP contribution in [0.25, 0.3) is 11.4 Å². The van der Waals surface area contributed by atoms with Crippen molar-refractivity contribution in [2.24, 2.45) is 0 Å². The Morgan fingerprint density at radius 1 is 0.667 bits per heavy atom. The van der Waals surface area contributed by atoms with Crippen LogP contribution in [0, 0.1) is 0 Å². The highest BCUT2D eigenvalue weighted by Crippen LogP contribution is 2.45. The van der Waals surface area contributed by atoms with Gasteiger partial charge in [0.05, 0.1) is 37.1 Å². The van der Waals surface area contributed by atoms with Crippen LogP contribution in [0.2, 0.25) is 0 Å². The maximum Gasteiger partial charge on any atom is 0.317 e. The van der Waals surface area contributed by atoms with Gasteiger partial charge in [-0.1, -0.05) is 12.1 Å². The second kappa shape index (κ2) is 13.0. The van der Waals surface area contributed by atoms with Gasteiger partial charge in [0.1, 0.15) is 6.10 Å². The Morgan fingerprint density at radius 2 is 1.05 bits per heavy atom. The highest BCUT2D eigenvalue weighted by Gasteiger charge is 2.38. The molecule has 0 spiro atoms. The average molecular weight is 543 g/mol. The lowest BCUT2D eigenvalue weighted by Gasteiger charge is -2.41. The molecule has 0 radical (unpaired) electrons. The smallest absolute Gasteiger partial charge is 0.317 e. The van der Waals surface area contributed by atoms with Crippen LogP contribution in [0.1, 0.15) is 23.3 Å². The number of carboxylic acids is 3. The summed E-state index contributed by atoms with van der Waals surface area (Å²) in [6.45, 7) is 2.12. The summed E-state index contributed by atoms with van der Waals surface area (Å²) >= 11 is 0. The zero-order valence-electron chi connectivity index (χ0n) is 21.6. The van der Waals surface area contributed by atoms with E-state index in [9.17, 15) is 34.8 Å². The molecule has 3 heterocycles. The average Bonchev–Trinajstić information content (AvgIpc) is 2.89. The maximum atomic E-state index is 11.6. The van der Waals surface area contributed by atoms with Gasteiger partial charge in [-0.05, 0) is 12.1 Å². The summed E-state index contributed by atoms with van der Waals surface area (Å²) in [4.78, 5) is 50.9. The van der Waals surface area contributed by atoms with Crippen LogP contribution in [0.4, 0.5) is 0 Å². The Hall–Kier alpha value is -3.49. The van der Waals surface area contributed by atoms with Gasteiger partial charge in [0.25, 0.3) is 0 Å². The number of fused-ring (bicyclic) bond motifs is 3. The molecule has 2 aromatic rings. The van der Waals surface area contributed by atoms with Crippen molar-refractivity contribution >= 4 is 17.9 Å². The third kappa shape index (κ3) is 7.34. The molecule has 0 amide bonds. The van der Waals surface area contributed by atoms with Crippen molar-refractivity contribution in [3.8, 4) is 11.4 Å². The van der Waals surface area contributed by atoms with Crippen LogP contribution in [-0.2, 0) is 14.4 Å². The largest absolute Gasteiger partial charge is 0.480 e. The van der Waals surface area contributed by atoms with E-state index in [0.29, 0.717) is 69.3 Å². The van der Waals surface area contributed by atoms with Gasteiger partial charge < -0.3 is 20.4 Å². The number of pyridine rings is 2. The molecule has 0 unspecified atom stereocenters. The Balaban J connectivity index is 1.65. The first kappa shape index (κ1) is 28.5. The molecule has 13 heteroatoms. The SMILES string of the molecule is O=C(O)CN1CCN(CC(=O)O)CCN([C@H]2c3cccnc3-c3ncccc3[C@H]2O)CCN(CC(=O)O)CC1. The summed E-state index contributed by atoms with van der Waals surface area (Å²) in [7, 11) is 0. The van der Waals surface area contributed by atoms with E-state index in [1.165, 1.54) is 0 Å². The first-order chi connectivity index (χ1) is 18.7. The highest BCUT2D eigenvalue weighted by atomic mass is 16.4. The van der Waals surface area contributed by atoms with Crippen molar-refractivity contribution in [1.82, 2.24) is 29.6 Å². The number of aliphatic hydroxyl groups excluding tert-OH is 1. The van der Waals surface area contributed by atoms with Gasteiger partial charge in [0, 0.05) is 75.9 Å². The molecular weight excluding hydrogens is 508 g/mol. The summed E-state index contributed by atoms with van der Waals surface area (Å²) in [5.41, 5.74) is 2.73. The van der Waals surface area contributed by atoms with Crippen molar-refractivity contribution in [2.75, 3.05) is 72.0 Å². The van der Waals surface area contributed by atoms with Crippen LogP contribution in [0.15, 0.2) is 36.7 Å². The first-order valence-electron chi connectivity index (χ1n) is 12.9. The molecule has 2 aliphatic rings. The first-order valence-corrected chi connectivity index (χ1v) is 12.9. The van der Waals surface area contributed by atoms with Gasteiger partial charge in [-0.15, -0.1) is 0 Å². The van der Waals surface area contributed by atoms with Crippen LogP contribution in [0.3, 0.4) is 0 Å². The van der Waals surface area contributed by atoms with E-state index in [2.05, 4.69) is 14.9 Å². The summed E-state index contributed by atoms with van der Waals surface area (Å²) in [6, 6.07) is 6.77. The van der Waals surface area contributed by atoms with E-state index in [1.54, 1.807) is 39.2 Å². The molecule has 1 aliphatic heterocycles. The van der Waals surface area contributed by atoms with Gasteiger partial charge >= 0.3 is 17.9 Å². The van der Waals surface area contributed by atoms with E-state index < -0.39 is 30.1 Å². The standard InChI is InChI=1S/C26H34N6O7/c33-20(34)15-29-7-9-30(16-21(35)36)11-13-32(14-12-31(10-8-29)17-22(37)38)25-18-3-1-5-27-23(18)24-19(26(25)39)4-2-6-28-24/h1-6,25-26,39H,7-17H2,(H,33,34)(H,35,36)(H,37,38)/t25-,26+/m0/s1. The number of aliphatic carboxylic acids is 3. The lowest BCUT2D eigenvalue weighted by molar-refractivity contribution is -0.140. The summed E-state index contributed by atoms with van der Waals surface area (Å²) in [5, 5.41) is 39.9. The fourth-order valence-electron chi connectivity index (χ4n) is 5.32. The maximum absolute atomic E-state index is 11.6. The monoisotopic (exact) mass is 542 g/mol. The van der Waals surface area contributed by atoms with Gasteiger partial charge in [0.2, 0.25) is 0 Å². The molecule has 2 atom stereocenters. The van der Waals surface area contributed by atoms with Crippen LogP contribution < -0.4 is 0 Å². The third-order valence-corrected chi connectivity index (χ3v) is 7.18. The molecular formula is C26H34N6O7. The minimum Gasteiger partial charge on any atom is -0.480 e. The van der Waals surface area contributed by atoms with Crippen molar-refractivity contribution in [3.63, 3.8) is 0 Å². The Labute approximate surface area is 225 Å². The summed E-state index contributed by atoms with van der Waals surface area (Å²) < 4.78 is 0. The topological polar surface area (TPSA) is 171 Å². The minimum atomic E-state index is -1.00. The molecule has 4 N–H and O–H groups in total. The number of nitrogens with zero attached hydrogens (tertiary/aromatic N) is 6. The van der Waals surface area contributed by atoms with E-state index in [-0.39, 0.29) is 19.6 Å². The van der Waals surface area contributed by atoms with E-state index in [0.717, 1.165) is 5.56 Å². The number of rotatable bonds is 7. The normalized spacial score (nSPS) is 22.2. The lowest BCUT2D eigenvalue weighted by atomic mass is 9.85. The Morgan fingerprint density at radius 3 is 1.49 bits per heavy atom. The number of aliphatic hydroxyl groups is 1. The summed E-state index contributed by atoms with van der Waals surface area (Å²) in [6.07, 6.45) is 2.40. The van der Waals surface area contributed by atoms with E-state index >= 15 is 0 Å². The van der Waals surface area contributed by atoms with E-state index in [1.807, 2.05) is 12.1 Å². The Bertz CT molecular complexity index is 1150. The molecule has 13 nitrogen and oxygen atoms in total. The van der Waals surface area contributed by atoms with Crippen molar-refractivity contribution in [2.45, 2.75) is 12.1 Å². The molecule has 0 aromatic carbocycles. The molecule has 1 fully saturated rings. The quantitative estimate of drug-likeness (QED) is 0.360. The molecule has 2 aromatic heterocycles. The molecule has 1 aliphatic carbocycles. The number of carboxylic acid groups (broad SMARTS) is 3. The minimum absolute atomic E-state index is 0.210. The molecule has 39 heavy (non-hydrogen) atoms. The van der Waals surface area contributed by atoms with Crippen molar-refractivity contribution < 1.29 is 34.8 Å². The number of hydrogen-bond donors (Lipinski definition) is 4. The van der Waals surface area contributed by atoms with Gasteiger partial charge in [0.15, 0.2) is 0 Å². The third-order valence-electron chi connectivity index (χ3n) is 7.18. The van der Waals surface area contributed by atoms with Gasteiger partial charge in [-0.25, -0.2) is 0 Å². The molecule has 0 saturated carbocycles. The van der Waals surface area contributed by atoms with Crippen LogP contribution in [0.5, 0.6) is 0 Å². The summed E-state index contributed by atoms with van der Waals surface area (Å²) in [5.74, 6) is -2.98. The zero-order chi connectivity index (χ0) is 27.9. The molecule has 4 rings (SSSR count).